The van der Waals surface area contributed by atoms with Gasteiger partial charge in [0.15, 0.2) is 0 Å². The second-order valence-electron chi connectivity index (χ2n) is 3.57. The number of aryl methyl sites for hydroxylation is 1. The van der Waals surface area contributed by atoms with E-state index in [-0.39, 0.29) is 23.5 Å². The number of carbonyl (C=O) groups excluding carboxylic acids is 1. The van der Waals surface area contributed by atoms with Crippen LogP contribution in [0.5, 0.6) is 5.75 Å². The normalized spacial score (nSPS) is 10.1. The zero-order valence-corrected chi connectivity index (χ0v) is 10.6. The molecule has 0 aliphatic heterocycles. The summed E-state index contributed by atoms with van der Waals surface area (Å²) in [4.78, 5) is 11.6. The minimum atomic E-state index is -2.99. The van der Waals surface area contributed by atoms with E-state index in [0.29, 0.717) is 12.0 Å². The van der Waals surface area contributed by atoms with E-state index in [4.69, 9.17) is 10.00 Å². The lowest BCUT2D eigenvalue weighted by molar-refractivity contribution is -0.0505. The number of ether oxygens (including phenoxy) is 2. The van der Waals surface area contributed by atoms with Crippen LogP contribution in [0.15, 0.2) is 12.1 Å². The Labute approximate surface area is 109 Å². The zero-order chi connectivity index (χ0) is 14.4. The standard InChI is InChI=1S/C13H13F2NO3/c1-3-8-5-9(7-16)10(12(17)18-4-2)6-11(8)19-13(14)15/h5-6,13H,3-4H2,1-2H3. The van der Waals surface area contributed by atoms with Crippen molar-refractivity contribution in [1.82, 2.24) is 0 Å². The van der Waals surface area contributed by atoms with Crippen molar-refractivity contribution in [2.24, 2.45) is 0 Å². The molecule has 0 aromatic heterocycles. The Hall–Kier alpha value is -2.16. The molecule has 0 atom stereocenters. The van der Waals surface area contributed by atoms with E-state index in [1.807, 2.05) is 6.07 Å². The molecular weight excluding hydrogens is 256 g/mol. The summed E-state index contributed by atoms with van der Waals surface area (Å²) in [5.74, 6) is -0.847. The molecule has 1 aromatic rings. The second kappa shape index (κ2) is 6.69. The van der Waals surface area contributed by atoms with Crippen molar-refractivity contribution >= 4 is 5.97 Å². The molecule has 102 valence electrons. The fourth-order valence-electron chi connectivity index (χ4n) is 1.58. The van der Waals surface area contributed by atoms with Crippen molar-refractivity contribution in [3.63, 3.8) is 0 Å². The largest absolute Gasteiger partial charge is 0.462 e. The smallest absolute Gasteiger partial charge is 0.387 e. The van der Waals surface area contributed by atoms with Crippen LogP contribution in [0.25, 0.3) is 0 Å². The Morgan fingerprint density at radius 2 is 2.11 bits per heavy atom. The molecule has 1 rings (SSSR count). The summed E-state index contributed by atoms with van der Waals surface area (Å²) in [7, 11) is 0. The fraction of sp³-hybridized carbons (Fsp3) is 0.385. The van der Waals surface area contributed by atoms with Gasteiger partial charge in [0.2, 0.25) is 0 Å². The lowest BCUT2D eigenvalue weighted by Gasteiger charge is -2.12. The molecule has 0 saturated heterocycles. The minimum absolute atomic E-state index is 0.0720. The summed E-state index contributed by atoms with van der Waals surface area (Å²) < 4.78 is 33.7. The van der Waals surface area contributed by atoms with Crippen LogP contribution < -0.4 is 4.74 Å². The van der Waals surface area contributed by atoms with Crippen molar-refractivity contribution in [3.05, 3.63) is 28.8 Å². The van der Waals surface area contributed by atoms with Gasteiger partial charge in [-0.1, -0.05) is 6.92 Å². The average Bonchev–Trinajstić information content (AvgIpc) is 2.37. The number of nitriles is 1. The summed E-state index contributed by atoms with van der Waals surface area (Å²) in [6.45, 7) is 0.484. The third-order valence-electron chi connectivity index (χ3n) is 2.41. The first-order chi connectivity index (χ1) is 9.03. The maximum Gasteiger partial charge on any atom is 0.387 e. The SMILES string of the molecule is CCOC(=O)c1cc(OC(F)F)c(CC)cc1C#N. The lowest BCUT2D eigenvalue weighted by Crippen LogP contribution is -2.10. The molecule has 0 amide bonds. The zero-order valence-electron chi connectivity index (χ0n) is 10.6. The third kappa shape index (κ3) is 3.65. The van der Waals surface area contributed by atoms with Gasteiger partial charge in [0.1, 0.15) is 11.8 Å². The number of nitrogens with zero attached hydrogens (tertiary/aromatic N) is 1. The highest BCUT2D eigenvalue weighted by atomic mass is 19.3. The molecule has 1 aromatic carbocycles. The topological polar surface area (TPSA) is 59.3 Å². The quantitative estimate of drug-likeness (QED) is 0.771. The van der Waals surface area contributed by atoms with E-state index in [9.17, 15) is 13.6 Å². The molecule has 0 heterocycles. The van der Waals surface area contributed by atoms with Crippen molar-refractivity contribution in [2.75, 3.05) is 6.61 Å². The Morgan fingerprint density at radius 3 is 2.58 bits per heavy atom. The van der Waals surface area contributed by atoms with E-state index < -0.39 is 12.6 Å². The number of alkyl halides is 2. The number of hydrogen-bond acceptors (Lipinski definition) is 4. The second-order valence-corrected chi connectivity index (χ2v) is 3.57. The summed E-state index contributed by atoms with van der Waals surface area (Å²) >= 11 is 0. The molecule has 19 heavy (non-hydrogen) atoms. The van der Waals surface area contributed by atoms with Crippen molar-refractivity contribution in [3.8, 4) is 11.8 Å². The summed E-state index contributed by atoms with van der Waals surface area (Å²) in [6.07, 6.45) is 0.403. The minimum Gasteiger partial charge on any atom is -0.462 e. The molecule has 0 unspecified atom stereocenters. The van der Waals surface area contributed by atoms with Gasteiger partial charge < -0.3 is 9.47 Å². The average molecular weight is 269 g/mol. The van der Waals surface area contributed by atoms with E-state index >= 15 is 0 Å². The van der Waals surface area contributed by atoms with Crippen molar-refractivity contribution < 1.29 is 23.0 Å². The predicted molar refractivity (Wildman–Crippen MR) is 63.1 cm³/mol. The molecule has 0 spiro atoms. The molecule has 6 heteroatoms. The Balaban J connectivity index is 3.29. The van der Waals surface area contributed by atoms with Crippen LogP contribution in [0.4, 0.5) is 8.78 Å². The Morgan fingerprint density at radius 1 is 1.42 bits per heavy atom. The van der Waals surface area contributed by atoms with Gasteiger partial charge >= 0.3 is 12.6 Å². The van der Waals surface area contributed by atoms with E-state index in [1.165, 1.54) is 6.07 Å². The number of hydrogen-bond donors (Lipinski definition) is 0. The number of carbonyl (C=O) groups is 1. The molecule has 0 saturated carbocycles. The van der Waals surface area contributed by atoms with Gasteiger partial charge in [-0.05, 0) is 31.0 Å². The first kappa shape index (κ1) is 14.9. The van der Waals surface area contributed by atoms with Gasteiger partial charge in [0.05, 0.1) is 17.7 Å². The van der Waals surface area contributed by atoms with E-state index in [0.717, 1.165) is 6.07 Å². The molecule has 0 fully saturated rings. The number of benzene rings is 1. The number of rotatable bonds is 5. The van der Waals surface area contributed by atoms with Gasteiger partial charge in [-0.15, -0.1) is 0 Å². The van der Waals surface area contributed by atoms with Crippen LogP contribution >= 0.6 is 0 Å². The van der Waals surface area contributed by atoms with Gasteiger partial charge in [0.25, 0.3) is 0 Å². The van der Waals surface area contributed by atoms with Crippen LogP contribution in [-0.4, -0.2) is 19.2 Å². The highest BCUT2D eigenvalue weighted by molar-refractivity contribution is 5.93. The van der Waals surface area contributed by atoms with Crippen molar-refractivity contribution in [1.29, 1.82) is 5.26 Å². The molecule has 0 bridgehead atoms. The maximum absolute atomic E-state index is 12.3. The molecule has 4 nitrogen and oxygen atoms in total. The van der Waals surface area contributed by atoms with Crippen LogP contribution in [0.3, 0.4) is 0 Å². The highest BCUT2D eigenvalue weighted by Crippen LogP contribution is 2.26. The lowest BCUT2D eigenvalue weighted by atomic mass is 10.0. The summed E-state index contributed by atoms with van der Waals surface area (Å²) in [5.41, 5.74) is 0.444. The van der Waals surface area contributed by atoms with Crippen LogP contribution in [0.1, 0.15) is 35.3 Å². The third-order valence-corrected chi connectivity index (χ3v) is 2.41. The predicted octanol–water partition coefficient (Wildman–Crippen LogP) is 2.90. The van der Waals surface area contributed by atoms with Gasteiger partial charge in [-0.3, -0.25) is 0 Å². The Bertz CT molecular complexity index is 509. The fourth-order valence-corrected chi connectivity index (χ4v) is 1.58. The maximum atomic E-state index is 12.3. The molecular formula is C13H13F2NO3. The number of halogens is 2. The molecule has 0 radical (unpaired) electrons. The van der Waals surface area contributed by atoms with Gasteiger partial charge in [0, 0.05) is 0 Å². The van der Waals surface area contributed by atoms with Crippen LogP contribution in [-0.2, 0) is 11.2 Å². The summed E-state index contributed by atoms with van der Waals surface area (Å²) in [5, 5.41) is 8.98. The van der Waals surface area contributed by atoms with Crippen LogP contribution in [0.2, 0.25) is 0 Å². The number of esters is 1. The molecule has 0 aliphatic carbocycles. The molecule has 0 aliphatic rings. The first-order valence-electron chi connectivity index (χ1n) is 5.72. The van der Waals surface area contributed by atoms with Gasteiger partial charge in [-0.25, -0.2) is 4.79 Å². The van der Waals surface area contributed by atoms with Crippen LogP contribution in [0, 0.1) is 11.3 Å². The first-order valence-corrected chi connectivity index (χ1v) is 5.72. The monoisotopic (exact) mass is 269 g/mol. The summed E-state index contributed by atoms with van der Waals surface area (Å²) in [6, 6.07) is 4.34. The highest BCUT2D eigenvalue weighted by Gasteiger charge is 2.18. The Kier molecular flexibility index (Phi) is 5.24. The van der Waals surface area contributed by atoms with Crippen molar-refractivity contribution in [2.45, 2.75) is 26.9 Å². The van der Waals surface area contributed by atoms with Gasteiger partial charge in [-0.2, -0.15) is 14.0 Å². The molecule has 0 N–H and O–H groups in total. The van der Waals surface area contributed by atoms with E-state index in [1.54, 1.807) is 13.8 Å². The van der Waals surface area contributed by atoms with E-state index in [2.05, 4.69) is 4.74 Å².